The van der Waals surface area contributed by atoms with Crippen LogP contribution < -0.4 is 25.4 Å². The monoisotopic (exact) mass is 463 g/mol. The van der Waals surface area contributed by atoms with E-state index in [2.05, 4.69) is 26.5 Å². The fourth-order valence-corrected chi connectivity index (χ4v) is 2.80. The molecule has 0 unspecified atom stereocenters. The molecule has 9 heteroatoms. The highest BCUT2D eigenvalue weighted by molar-refractivity contribution is 9.10. The van der Waals surface area contributed by atoms with Crippen LogP contribution in [0.1, 0.15) is 29.8 Å². The van der Waals surface area contributed by atoms with Crippen LogP contribution in [-0.2, 0) is 4.79 Å². The van der Waals surface area contributed by atoms with E-state index in [0.29, 0.717) is 46.1 Å². The minimum absolute atomic E-state index is 0.214. The first-order valence-corrected chi connectivity index (χ1v) is 9.67. The molecule has 2 aromatic rings. The Morgan fingerprint density at radius 1 is 1.03 bits per heavy atom. The minimum atomic E-state index is -0.563. The van der Waals surface area contributed by atoms with Crippen molar-refractivity contribution in [1.82, 2.24) is 5.43 Å². The smallest absolute Gasteiger partial charge is 0.271 e. The van der Waals surface area contributed by atoms with Crippen LogP contribution in [0.15, 0.2) is 46.0 Å². The number of nitrogens with two attached hydrogens (primary N) is 1. The molecule has 2 amide bonds. The molecule has 3 N–H and O–H groups in total. The van der Waals surface area contributed by atoms with Crippen LogP contribution >= 0.6 is 15.9 Å². The average Bonchev–Trinajstić information content (AvgIpc) is 2.68. The van der Waals surface area contributed by atoms with Crippen molar-refractivity contribution in [3.63, 3.8) is 0 Å². The van der Waals surface area contributed by atoms with Crippen molar-refractivity contribution in [2.45, 2.75) is 13.8 Å². The standard InChI is InChI=1S/C20H22BrN3O5/c1-3-27-17-8-6-14(10-18(17)28-4-2)20(26)24-23-11-13-5-7-16(15(21)9-13)29-12-19(22)25/h5-11H,3-4,12H2,1-2H3,(H2,22,25)(H,24,26)/b23-11+. The number of halogens is 1. The van der Waals surface area contributed by atoms with Gasteiger partial charge in [0.2, 0.25) is 0 Å². The highest BCUT2D eigenvalue weighted by Crippen LogP contribution is 2.28. The van der Waals surface area contributed by atoms with Gasteiger partial charge in [0.25, 0.3) is 11.8 Å². The first-order valence-electron chi connectivity index (χ1n) is 8.88. The van der Waals surface area contributed by atoms with E-state index in [1.54, 1.807) is 36.4 Å². The fourth-order valence-electron chi connectivity index (χ4n) is 2.29. The third-order valence-electron chi connectivity index (χ3n) is 3.51. The summed E-state index contributed by atoms with van der Waals surface area (Å²) in [5.74, 6) is 0.611. The van der Waals surface area contributed by atoms with Crippen molar-refractivity contribution in [3.8, 4) is 17.2 Å². The topological polar surface area (TPSA) is 112 Å². The number of nitrogens with zero attached hydrogens (tertiary/aromatic N) is 1. The number of hydrogen-bond acceptors (Lipinski definition) is 6. The number of nitrogens with one attached hydrogen (secondary N) is 1. The summed E-state index contributed by atoms with van der Waals surface area (Å²) in [6.07, 6.45) is 1.48. The van der Waals surface area contributed by atoms with Gasteiger partial charge < -0.3 is 19.9 Å². The van der Waals surface area contributed by atoms with Crippen molar-refractivity contribution < 1.29 is 23.8 Å². The van der Waals surface area contributed by atoms with E-state index in [-0.39, 0.29) is 12.5 Å². The van der Waals surface area contributed by atoms with Crippen LogP contribution in [0.25, 0.3) is 0 Å². The van der Waals surface area contributed by atoms with Crippen LogP contribution in [0.2, 0.25) is 0 Å². The first-order chi connectivity index (χ1) is 13.9. The number of hydrogen-bond donors (Lipinski definition) is 2. The van der Waals surface area contributed by atoms with E-state index in [1.807, 2.05) is 13.8 Å². The summed E-state index contributed by atoms with van der Waals surface area (Å²) < 4.78 is 16.9. The van der Waals surface area contributed by atoms with E-state index < -0.39 is 5.91 Å². The first kappa shape index (κ1) is 22.2. The Labute approximate surface area is 177 Å². The van der Waals surface area contributed by atoms with Crippen molar-refractivity contribution in [1.29, 1.82) is 0 Å². The zero-order valence-electron chi connectivity index (χ0n) is 16.1. The van der Waals surface area contributed by atoms with Gasteiger partial charge in [-0.2, -0.15) is 5.10 Å². The van der Waals surface area contributed by atoms with Crippen LogP contribution in [0.3, 0.4) is 0 Å². The average molecular weight is 464 g/mol. The molecule has 0 aliphatic carbocycles. The van der Waals surface area contributed by atoms with Gasteiger partial charge in [-0.3, -0.25) is 9.59 Å². The summed E-state index contributed by atoms with van der Waals surface area (Å²) in [6.45, 7) is 4.47. The molecule has 0 atom stereocenters. The van der Waals surface area contributed by atoms with Gasteiger partial charge in [0.1, 0.15) is 5.75 Å². The van der Waals surface area contributed by atoms with Gasteiger partial charge in [-0.1, -0.05) is 0 Å². The Balaban J connectivity index is 2.02. The molecular formula is C20H22BrN3O5. The summed E-state index contributed by atoms with van der Waals surface area (Å²) in [5, 5.41) is 3.96. The lowest BCUT2D eigenvalue weighted by Gasteiger charge is -2.11. The lowest BCUT2D eigenvalue weighted by molar-refractivity contribution is -0.119. The van der Waals surface area contributed by atoms with Crippen LogP contribution in [-0.4, -0.2) is 37.8 Å². The van der Waals surface area contributed by atoms with E-state index >= 15 is 0 Å². The van der Waals surface area contributed by atoms with E-state index in [9.17, 15) is 9.59 Å². The van der Waals surface area contributed by atoms with Gasteiger partial charge in [0.05, 0.1) is 23.9 Å². The summed E-state index contributed by atoms with van der Waals surface area (Å²) in [7, 11) is 0. The summed E-state index contributed by atoms with van der Waals surface area (Å²) in [6, 6.07) is 10.1. The van der Waals surface area contributed by atoms with Gasteiger partial charge in [-0.25, -0.2) is 5.43 Å². The lowest BCUT2D eigenvalue weighted by Crippen LogP contribution is -2.20. The number of amides is 2. The van der Waals surface area contributed by atoms with Gasteiger partial charge >= 0.3 is 0 Å². The SMILES string of the molecule is CCOc1ccc(C(=O)N/N=C/c2ccc(OCC(N)=O)c(Br)c2)cc1OCC. The molecule has 0 aliphatic heterocycles. The molecule has 0 saturated carbocycles. The molecule has 2 rings (SSSR count). The molecule has 2 aromatic carbocycles. The zero-order chi connectivity index (χ0) is 21.2. The molecule has 0 radical (unpaired) electrons. The van der Waals surface area contributed by atoms with Crippen molar-refractivity contribution in [2.24, 2.45) is 10.8 Å². The maximum absolute atomic E-state index is 12.3. The number of primary amides is 1. The summed E-state index contributed by atoms with van der Waals surface area (Å²) >= 11 is 3.35. The van der Waals surface area contributed by atoms with Gasteiger partial charge in [-0.05, 0) is 71.7 Å². The van der Waals surface area contributed by atoms with Gasteiger partial charge in [0.15, 0.2) is 18.1 Å². The van der Waals surface area contributed by atoms with E-state index in [0.717, 1.165) is 0 Å². The molecule has 8 nitrogen and oxygen atoms in total. The quantitative estimate of drug-likeness (QED) is 0.415. The molecule has 0 heterocycles. The summed E-state index contributed by atoms with van der Waals surface area (Å²) in [4.78, 5) is 23.1. The van der Waals surface area contributed by atoms with Gasteiger partial charge in [0, 0.05) is 5.56 Å². The number of carbonyl (C=O) groups is 2. The molecule has 29 heavy (non-hydrogen) atoms. The normalized spacial score (nSPS) is 10.6. The predicted octanol–water partition coefficient (Wildman–Crippen LogP) is 2.87. The third-order valence-corrected chi connectivity index (χ3v) is 4.13. The Bertz CT molecular complexity index is 902. The second-order valence-corrected chi connectivity index (χ2v) is 6.53. The minimum Gasteiger partial charge on any atom is -0.490 e. The Morgan fingerprint density at radius 2 is 1.72 bits per heavy atom. The predicted molar refractivity (Wildman–Crippen MR) is 113 cm³/mol. The van der Waals surface area contributed by atoms with Crippen molar-refractivity contribution in [2.75, 3.05) is 19.8 Å². The third kappa shape index (κ3) is 6.79. The lowest BCUT2D eigenvalue weighted by atomic mass is 10.2. The molecule has 0 spiro atoms. The second-order valence-electron chi connectivity index (χ2n) is 5.67. The number of hydrazone groups is 1. The Kier molecular flexibility index (Phi) is 8.47. The Morgan fingerprint density at radius 3 is 2.38 bits per heavy atom. The molecule has 0 bridgehead atoms. The largest absolute Gasteiger partial charge is 0.490 e. The number of benzene rings is 2. The highest BCUT2D eigenvalue weighted by Gasteiger charge is 2.11. The number of rotatable bonds is 10. The molecule has 0 aromatic heterocycles. The molecule has 154 valence electrons. The maximum atomic E-state index is 12.3. The highest BCUT2D eigenvalue weighted by atomic mass is 79.9. The zero-order valence-corrected chi connectivity index (χ0v) is 17.7. The Hall–Kier alpha value is -3.07. The number of ether oxygens (including phenoxy) is 3. The van der Waals surface area contributed by atoms with E-state index in [1.165, 1.54) is 6.21 Å². The fraction of sp³-hybridized carbons (Fsp3) is 0.250. The van der Waals surface area contributed by atoms with E-state index in [4.69, 9.17) is 19.9 Å². The van der Waals surface area contributed by atoms with Gasteiger partial charge in [-0.15, -0.1) is 0 Å². The molecule has 0 fully saturated rings. The maximum Gasteiger partial charge on any atom is 0.271 e. The summed E-state index contributed by atoms with van der Waals surface area (Å²) in [5.41, 5.74) is 8.63. The van der Waals surface area contributed by atoms with Crippen molar-refractivity contribution in [3.05, 3.63) is 52.0 Å². The van der Waals surface area contributed by atoms with Crippen molar-refractivity contribution >= 4 is 34.0 Å². The molecule has 0 saturated heterocycles. The van der Waals surface area contributed by atoms with Crippen LogP contribution in [0, 0.1) is 0 Å². The molecule has 0 aliphatic rings. The van der Waals surface area contributed by atoms with Crippen LogP contribution in [0.5, 0.6) is 17.2 Å². The van der Waals surface area contributed by atoms with Crippen LogP contribution in [0.4, 0.5) is 0 Å². The molecular weight excluding hydrogens is 442 g/mol. The second kappa shape index (κ2) is 11.1. The number of carbonyl (C=O) groups excluding carboxylic acids is 2.